The third kappa shape index (κ3) is 4.07. The first-order valence-electron chi connectivity index (χ1n) is 9.04. The average Bonchev–Trinajstić information content (AvgIpc) is 3.31. The van der Waals surface area contributed by atoms with E-state index in [1.165, 1.54) is 29.7 Å². The van der Waals surface area contributed by atoms with Crippen LogP contribution < -0.4 is 20.1 Å². The number of carbonyl (C=O) groups is 1. The molecule has 4 rings (SSSR count). The van der Waals surface area contributed by atoms with Gasteiger partial charge in [0.1, 0.15) is 0 Å². The van der Waals surface area contributed by atoms with Gasteiger partial charge in [-0.2, -0.15) is 0 Å². The molecule has 1 aromatic heterocycles. The summed E-state index contributed by atoms with van der Waals surface area (Å²) in [6.07, 6.45) is 3.41. The molecule has 1 amide bonds. The first-order chi connectivity index (χ1) is 13.6. The number of rotatable bonds is 5. The second kappa shape index (κ2) is 8.12. The first-order valence-corrected chi connectivity index (χ1v) is 10.3. The molecule has 0 radical (unpaired) electrons. The molecule has 0 unspecified atom stereocenters. The number of unbranched alkanes of at least 4 members (excludes halogenated alkanes) is 1. The Bertz CT molecular complexity index is 1050. The van der Waals surface area contributed by atoms with Crippen LogP contribution in [0.5, 0.6) is 11.5 Å². The van der Waals surface area contributed by atoms with E-state index >= 15 is 0 Å². The van der Waals surface area contributed by atoms with Crippen LogP contribution in [0.1, 0.15) is 35.7 Å². The van der Waals surface area contributed by atoms with Crippen molar-refractivity contribution in [3.05, 3.63) is 47.5 Å². The summed E-state index contributed by atoms with van der Waals surface area (Å²) < 4.78 is 11.6. The zero-order chi connectivity index (χ0) is 19.5. The molecule has 0 bridgehead atoms. The fourth-order valence-corrected chi connectivity index (χ4v) is 4.09. The lowest BCUT2D eigenvalue weighted by Gasteiger charge is -2.07. The molecule has 6 nitrogen and oxygen atoms in total. The average molecular weight is 414 g/mol. The molecule has 0 atom stereocenters. The number of fused-ring (bicyclic) bond motifs is 2. The maximum absolute atomic E-state index is 12.4. The van der Waals surface area contributed by atoms with E-state index in [0.717, 1.165) is 16.6 Å². The van der Waals surface area contributed by atoms with Crippen molar-refractivity contribution in [2.24, 2.45) is 0 Å². The Hall–Kier alpha value is -2.71. The second-order valence-corrected chi connectivity index (χ2v) is 7.84. The lowest BCUT2D eigenvalue weighted by molar-refractivity contribution is 0.0977. The van der Waals surface area contributed by atoms with Gasteiger partial charge in [-0.05, 0) is 61.0 Å². The number of thiazole rings is 1. The van der Waals surface area contributed by atoms with Gasteiger partial charge >= 0.3 is 0 Å². The molecule has 0 saturated carbocycles. The Morgan fingerprint density at radius 3 is 2.93 bits per heavy atom. The fraction of sp³-hybridized carbons (Fsp3) is 0.250. The summed E-state index contributed by atoms with van der Waals surface area (Å²) in [6, 6.07) is 11.3. The molecule has 1 aliphatic heterocycles. The normalized spacial score (nSPS) is 12.2. The van der Waals surface area contributed by atoms with Gasteiger partial charge in [-0.1, -0.05) is 30.7 Å². The number of aromatic nitrogens is 1. The highest BCUT2D eigenvalue weighted by Gasteiger charge is 2.17. The Kier molecular flexibility index (Phi) is 5.40. The Morgan fingerprint density at radius 1 is 1.21 bits per heavy atom. The highest BCUT2D eigenvalue weighted by Crippen LogP contribution is 2.32. The van der Waals surface area contributed by atoms with Gasteiger partial charge in [-0.15, -0.1) is 0 Å². The van der Waals surface area contributed by atoms with E-state index < -0.39 is 0 Å². The molecule has 8 heteroatoms. The van der Waals surface area contributed by atoms with Crippen molar-refractivity contribution in [2.75, 3.05) is 12.1 Å². The Balaban J connectivity index is 1.41. The first kappa shape index (κ1) is 18.6. The number of ether oxygens (including phenoxy) is 2. The van der Waals surface area contributed by atoms with Crippen LogP contribution in [0.15, 0.2) is 36.4 Å². The van der Waals surface area contributed by atoms with E-state index in [2.05, 4.69) is 34.7 Å². The zero-order valence-electron chi connectivity index (χ0n) is 15.3. The summed E-state index contributed by atoms with van der Waals surface area (Å²) in [4.78, 5) is 16.9. The molecule has 144 valence electrons. The minimum atomic E-state index is -0.321. The smallest absolute Gasteiger partial charge is 0.257 e. The van der Waals surface area contributed by atoms with Crippen LogP contribution in [0.3, 0.4) is 0 Å². The van der Waals surface area contributed by atoms with Gasteiger partial charge in [-0.3, -0.25) is 10.1 Å². The van der Waals surface area contributed by atoms with E-state index in [1.54, 1.807) is 18.2 Å². The van der Waals surface area contributed by atoms with Crippen LogP contribution in [0.25, 0.3) is 10.2 Å². The summed E-state index contributed by atoms with van der Waals surface area (Å²) in [5.41, 5.74) is 2.67. The van der Waals surface area contributed by atoms with Crippen molar-refractivity contribution < 1.29 is 14.3 Å². The number of hydrogen-bond acceptors (Lipinski definition) is 6. The fourth-order valence-electron chi connectivity index (χ4n) is 2.90. The molecule has 2 heterocycles. The van der Waals surface area contributed by atoms with Crippen molar-refractivity contribution in [1.29, 1.82) is 0 Å². The maximum Gasteiger partial charge on any atom is 0.257 e. The molecular formula is C20H19N3O3S2. The topological polar surface area (TPSA) is 72.5 Å². The molecule has 0 spiro atoms. The highest BCUT2D eigenvalue weighted by molar-refractivity contribution is 7.80. The molecule has 28 heavy (non-hydrogen) atoms. The minimum Gasteiger partial charge on any atom is -0.454 e. The molecule has 0 aliphatic carbocycles. The SMILES string of the molecule is CCCCc1ccc2nc(NC(=S)NC(=O)c3ccc4c(c3)OCO4)sc2c1. The van der Waals surface area contributed by atoms with Crippen molar-refractivity contribution in [2.45, 2.75) is 26.2 Å². The number of nitrogens with one attached hydrogen (secondary N) is 2. The number of anilines is 1. The van der Waals surface area contributed by atoms with E-state index in [1.807, 2.05) is 6.07 Å². The monoisotopic (exact) mass is 413 g/mol. The number of carbonyl (C=O) groups excluding carboxylic acids is 1. The van der Waals surface area contributed by atoms with Crippen molar-refractivity contribution >= 4 is 49.9 Å². The summed E-state index contributed by atoms with van der Waals surface area (Å²) in [5, 5.41) is 6.52. The molecule has 1 aliphatic rings. The van der Waals surface area contributed by atoms with Gasteiger partial charge in [-0.25, -0.2) is 4.98 Å². The van der Waals surface area contributed by atoms with Crippen LogP contribution in [0, 0.1) is 0 Å². The number of nitrogens with zero attached hydrogens (tertiary/aromatic N) is 1. The number of hydrogen-bond donors (Lipinski definition) is 2. The number of amides is 1. The van der Waals surface area contributed by atoms with Crippen LogP contribution in [-0.4, -0.2) is 22.8 Å². The molecule has 3 aromatic rings. The maximum atomic E-state index is 12.4. The highest BCUT2D eigenvalue weighted by atomic mass is 32.1. The Labute approximate surface area is 171 Å². The summed E-state index contributed by atoms with van der Waals surface area (Å²) in [6.45, 7) is 2.35. The standard InChI is InChI=1S/C20H19N3O3S2/c1-2-3-4-12-5-7-14-17(9-12)28-20(21-14)23-19(27)22-18(24)13-6-8-15-16(10-13)26-11-25-15/h5-10H,2-4,11H2,1H3,(H2,21,22,23,24,27). The van der Waals surface area contributed by atoms with Gasteiger partial charge < -0.3 is 14.8 Å². The summed E-state index contributed by atoms with van der Waals surface area (Å²) in [7, 11) is 0. The minimum absolute atomic E-state index is 0.165. The predicted octanol–water partition coefficient (Wildman–Crippen LogP) is 4.49. The van der Waals surface area contributed by atoms with Crippen molar-refractivity contribution in [3.63, 3.8) is 0 Å². The van der Waals surface area contributed by atoms with E-state index in [-0.39, 0.29) is 17.8 Å². The number of benzene rings is 2. The lowest BCUT2D eigenvalue weighted by atomic mass is 10.1. The summed E-state index contributed by atoms with van der Waals surface area (Å²) in [5.74, 6) is 0.861. The Morgan fingerprint density at radius 2 is 2.07 bits per heavy atom. The molecule has 2 aromatic carbocycles. The van der Waals surface area contributed by atoms with Gasteiger partial charge in [0.2, 0.25) is 6.79 Å². The van der Waals surface area contributed by atoms with Crippen molar-refractivity contribution in [3.8, 4) is 11.5 Å². The number of thiocarbonyl (C=S) groups is 1. The van der Waals surface area contributed by atoms with Crippen LogP contribution in [-0.2, 0) is 6.42 Å². The van der Waals surface area contributed by atoms with E-state index in [4.69, 9.17) is 21.7 Å². The largest absolute Gasteiger partial charge is 0.454 e. The lowest BCUT2D eigenvalue weighted by Crippen LogP contribution is -2.34. The van der Waals surface area contributed by atoms with Crippen molar-refractivity contribution in [1.82, 2.24) is 10.3 Å². The van der Waals surface area contributed by atoms with Gasteiger partial charge in [0.05, 0.1) is 10.2 Å². The van der Waals surface area contributed by atoms with Gasteiger partial charge in [0.25, 0.3) is 5.91 Å². The molecular weight excluding hydrogens is 394 g/mol. The van der Waals surface area contributed by atoms with Gasteiger partial charge in [0, 0.05) is 5.56 Å². The van der Waals surface area contributed by atoms with E-state index in [9.17, 15) is 4.79 Å². The molecule has 0 saturated heterocycles. The molecule has 2 N–H and O–H groups in total. The van der Waals surface area contributed by atoms with Crippen LogP contribution >= 0.6 is 23.6 Å². The third-order valence-electron chi connectivity index (χ3n) is 4.35. The van der Waals surface area contributed by atoms with E-state index in [0.29, 0.717) is 22.2 Å². The van der Waals surface area contributed by atoms with Gasteiger partial charge in [0.15, 0.2) is 21.7 Å². The molecule has 0 fully saturated rings. The van der Waals surface area contributed by atoms with Crippen LogP contribution in [0.4, 0.5) is 5.13 Å². The second-order valence-electron chi connectivity index (χ2n) is 6.40. The predicted molar refractivity (Wildman–Crippen MR) is 114 cm³/mol. The third-order valence-corrected chi connectivity index (χ3v) is 5.49. The summed E-state index contributed by atoms with van der Waals surface area (Å²) >= 11 is 6.78. The van der Waals surface area contributed by atoms with Crippen LogP contribution in [0.2, 0.25) is 0 Å². The quantitative estimate of drug-likeness (QED) is 0.600. The zero-order valence-corrected chi connectivity index (χ0v) is 16.9. The number of aryl methyl sites for hydroxylation is 1.